The monoisotopic (exact) mass is 288 g/mol. The maximum Gasteiger partial charge on any atom is 0.274 e. The Hall–Kier alpha value is -2.27. The lowest BCUT2D eigenvalue weighted by molar-refractivity contribution is -0.385. The summed E-state index contributed by atoms with van der Waals surface area (Å²) in [6.07, 6.45) is 0. The van der Waals surface area contributed by atoms with Crippen LogP contribution in [0.4, 0.5) is 10.1 Å². The van der Waals surface area contributed by atoms with Crippen molar-refractivity contribution in [1.82, 2.24) is 5.32 Å². The molecule has 0 aromatic heterocycles. The van der Waals surface area contributed by atoms with Crippen molar-refractivity contribution in [3.8, 4) is 0 Å². The number of aryl methyl sites for hydroxylation is 1. The van der Waals surface area contributed by atoms with Crippen LogP contribution in [0.25, 0.3) is 0 Å². The molecule has 0 fully saturated rings. The van der Waals surface area contributed by atoms with Crippen molar-refractivity contribution in [2.24, 2.45) is 0 Å². The fourth-order valence-electron chi connectivity index (χ4n) is 2.11. The zero-order valence-electron chi connectivity index (χ0n) is 12.0. The van der Waals surface area contributed by atoms with Crippen LogP contribution in [0, 0.1) is 22.9 Å². The van der Waals surface area contributed by atoms with Crippen molar-refractivity contribution in [3.63, 3.8) is 0 Å². The third-order valence-electron chi connectivity index (χ3n) is 3.41. The first-order chi connectivity index (χ1) is 9.97. The van der Waals surface area contributed by atoms with E-state index in [1.54, 1.807) is 0 Å². The van der Waals surface area contributed by atoms with E-state index in [9.17, 15) is 14.5 Å². The number of nitro benzene ring substituents is 1. The molecule has 1 N–H and O–H groups in total. The van der Waals surface area contributed by atoms with Crippen molar-refractivity contribution in [2.75, 3.05) is 0 Å². The van der Waals surface area contributed by atoms with Crippen LogP contribution in [0.5, 0.6) is 0 Å². The molecule has 2 aromatic rings. The van der Waals surface area contributed by atoms with Crippen LogP contribution in [-0.2, 0) is 6.54 Å². The molecule has 0 aliphatic carbocycles. The van der Waals surface area contributed by atoms with Gasteiger partial charge in [0.15, 0.2) is 0 Å². The predicted molar refractivity (Wildman–Crippen MR) is 79.5 cm³/mol. The van der Waals surface area contributed by atoms with E-state index in [4.69, 9.17) is 0 Å². The van der Waals surface area contributed by atoms with E-state index in [1.807, 2.05) is 38.1 Å². The van der Waals surface area contributed by atoms with Crippen LogP contribution >= 0.6 is 0 Å². The minimum absolute atomic E-state index is 0.0217. The molecule has 4 nitrogen and oxygen atoms in total. The van der Waals surface area contributed by atoms with Crippen LogP contribution in [0.15, 0.2) is 42.5 Å². The molecule has 0 radical (unpaired) electrons. The molecule has 110 valence electrons. The van der Waals surface area contributed by atoms with Crippen molar-refractivity contribution >= 4 is 5.69 Å². The quantitative estimate of drug-likeness (QED) is 0.670. The fraction of sp³-hybridized carbons (Fsp3) is 0.250. The molecular formula is C16H17FN2O2. The SMILES string of the molecule is Cc1ccc(C(C)NCc2cc(F)ccc2[N+](=O)[O-])cc1. The highest BCUT2D eigenvalue weighted by Crippen LogP contribution is 2.21. The van der Waals surface area contributed by atoms with Gasteiger partial charge >= 0.3 is 0 Å². The molecule has 0 saturated heterocycles. The average molecular weight is 288 g/mol. The van der Waals surface area contributed by atoms with Gasteiger partial charge in [0.25, 0.3) is 5.69 Å². The van der Waals surface area contributed by atoms with Gasteiger partial charge in [0, 0.05) is 24.2 Å². The number of nitrogens with one attached hydrogen (secondary N) is 1. The van der Waals surface area contributed by atoms with Gasteiger partial charge in [-0.05, 0) is 31.5 Å². The molecule has 0 bridgehead atoms. The second kappa shape index (κ2) is 6.45. The highest BCUT2D eigenvalue weighted by atomic mass is 19.1. The van der Waals surface area contributed by atoms with Crippen LogP contribution in [0.3, 0.4) is 0 Å². The van der Waals surface area contributed by atoms with E-state index in [-0.39, 0.29) is 18.3 Å². The van der Waals surface area contributed by atoms with Gasteiger partial charge < -0.3 is 5.32 Å². The summed E-state index contributed by atoms with van der Waals surface area (Å²) in [5, 5.41) is 14.1. The van der Waals surface area contributed by atoms with E-state index in [0.717, 1.165) is 11.6 Å². The van der Waals surface area contributed by atoms with Crippen LogP contribution in [0.1, 0.15) is 29.7 Å². The first-order valence-corrected chi connectivity index (χ1v) is 6.70. The second-order valence-corrected chi connectivity index (χ2v) is 5.04. The van der Waals surface area contributed by atoms with Gasteiger partial charge in [0.1, 0.15) is 5.82 Å². The van der Waals surface area contributed by atoms with Crippen molar-refractivity contribution < 1.29 is 9.31 Å². The molecular weight excluding hydrogens is 271 g/mol. The molecule has 21 heavy (non-hydrogen) atoms. The number of benzene rings is 2. The summed E-state index contributed by atoms with van der Waals surface area (Å²) < 4.78 is 13.3. The number of halogens is 1. The van der Waals surface area contributed by atoms with Crippen molar-refractivity contribution in [1.29, 1.82) is 0 Å². The molecule has 5 heteroatoms. The summed E-state index contributed by atoms with van der Waals surface area (Å²) >= 11 is 0. The van der Waals surface area contributed by atoms with Crippen LogP contribution in [0.2, 0.25) is 0 Å². The minimum Gasteiger partial charge on any atom is -0.306 e. The Labute approximate surface area is 122 Å². The van der Waals surface area contributed by atoms with E-state index in [1.165, 1.54) is 17.7 Å². The number of rotatable bonds is 5. The van der Waals surface area contributed by atoms with Gasteiger partial charge in [-0.1, -0.05) is 29.8 Å². The molecule has 0 saturated carbocycles. The Bertz CT molecular complexity index is 641. The van der Waals surface area contributed by atoms with Gasteiger partial charge in [0.05, 0.1) is 4.92 Å². The van der Waals surface area contributed by atoms with Gasteiger partial charge in [-0.3, -0.25) is 10.1 Å². The molecule has 1 atom stereocenters. The van der Waals surface area contributed by atoms with Gasteiger partial charge in [-0.25, -0.2) is 4.39 Å². The lowest BCUT2D eigenvalue weighted by Gasteiger charge is -2.14. The Balaban J connectivity index is 2.10. The summed E-state index contributed by atoms with van der Waals surface area (Å²) in [5.41, 5.74) is 2.53. The maximum absolute atomic E-state index is 13.3. The third kappa shape index (κ3) is 3.86. The summed E-state index contributed by atoms with van der Waals surface area (Å²) in [4.78, 5) is 10.4. The highest BCUT2D eigenvalue weighted by Gasteiger charge is 2.15. The Kier molecular flexibility index (Phi) is 4.65. The second-order valence-electron chi connectivity index (χ2n) is 5.04. The standard InChI is InChI=1S/C16H17FN2O2/c1-11-3-5-13(6-4-11)12(2)18-10-14-9-15(17)7-8-16(14)19(20)21/h3-9,12,18H,10H2,1-2H3. The zero-order chi connectivity index (χ0) is 15.4. The predicted octanol–water partition coefficient (Wildman–Crippen LogP) is 3.89. The number of nitro groups is 1. The lowest BCUT2D eigenvalue weighted by atomic mass is 10.1. The molecule has 0 aliphatic heterocycles. The molecule has 0 aliphatic rings. The lowest BCUT2D eigenvalue weighted by Crippen LogP contribution is -2.18. The van der Waals surface area contributed by atoms with Crippen LogP contribution < -0.4 is 5.32 Å². The Morgan fingerprint density at radius 3 is 2.52 bits per heavy atom. The molecule has 2 aromatic carbocycles. The van der Waals surface area contributed by atoms with E-state index in [0.29, 0.717) is 5.56 Å². The molecule has 0 spiro atoms. The smallest absolute Gasteiger partial charge is 0.274 e. The largest absolute Gasteiger partial charge is 0.306 e. The summed E-state index contributed by atoms with van der Waals surface area (Å²) in [6, 6.07) is 11.6. The Morgan fingerprint density at radius 1 is 1.24 bits per heavy atom. The molecule has 0 amide bonds. The summed E-state index contributed by atoms with van der Waals surface area (Å²) in [5.74, 6) is -0.472. The summed E-state index contributed by atoms with van der Waals surface area (Å²) in [6.45, 7) is 4.22. The molecule has 2 rings (SSSR count). The number of hydrogen-bond acceptors (Lipinski definition) is 3. The zero-order valence-corrected chi connectivity index (χ0v) is 12.0. The first kappa shape index (κ1) is 15.1. The Morgan fingerprint density at radius 2 is 1.90 bits per heavy atom. The van der Waals surface area contributed by atoms with E-state index in [2.05, 4.69) is 5.32 Å². The molecule has 1 unspecified atom stereocenters. The van der Waals surface area contributed by atoms with Crippen LogP contribution in [-0.4, -0.2) is 4.92 Å². The maximum atomic E-state index is 13.3. The topological polar surface area (TPSA) is 55.2 Å². The van der Waals surface area contributed by atoms with Gasteiger partial charge in [0.2, 0.25) is 0 Å². The van der Waals surface area contributed by atoms with Gasteiger partial charge in [-0.15, -0.1) is 0 Å². The fourth-order valence-corrected chi connectivity index (χ4v) is 2.11. The van der Waals surface area contributed by atoms with Crippen molar-refractivity contribution in [2.45, 2.75) is 26.4 Å². The minimum atomic E-state index is -0.493. The number of nitrogens with zero attached hydrogens (tertiary/aromatic N) is 1. The summed E-state index contributed by atoms with van der Waals surface area (Å²) in [7, 11) is 0. The number of hydrogen-bond donors (Lipinski definition) is 1. The first-order valence-electron chi connectivity index (χ1n) is 6.70. The van der Waals surface area contributed by atoms with Crippen molar-refractivity contribution in [3.05, 3.63) is 75.1 Å². The third-order valence-corrected chi connectivity index (χ3v) is 3.41. The van der Waals surface area contributed by atoms with Gasteiger partial charge in [-0.2, -0.15) is 0 Å². The molecule has 0 heterocycles. The normalized spacial score (nSPS) is 12.1. The average Bonchev–Trinajstić information content (AvgIpc) is 2.45. The van der Waals surface area contributed by atoms with E-state index >= 15 is 0 Å². The highest BCUT2D eigenvalue weighted by molar-refractivity contribution is 5.40. The van der Waals surface area contributed by atoms with E-state index < -0.39 is 10.7 Å².